The minimum atomic E-state index is -4.66. The van der Waals surface area contributed by atoms with E-state index < -0.39 is 23.5 Å². The first kappa shape index (κ1) is 20.1. The van der Waals surface area contributed by atoms with Gasteiger partial charge in [0, 0.05) is 11.8 Å². The first-order valence-electron chi connectivity index (χ1n) is 8.46. The van der Waals surface area contributed by atoms with E-state index >= 15 is 0 Å². The quantitative estimate of drug-likeness (QED) is 0.333. The highest BCUT2D eigenvalue weighted by atomic mass is 32.1. The molecule has 4 aromatic rings. The number of pyridine rings is 1. The van der Waals surface area contributed by atoms with E-state index in [0.717, 1.165) is 41.3 Å². The summed E-state index contributed by atoms with van der Waals surface area (Å²) < 4.78 is 79.9. The first-order chi connectivity index (χ1) is 14.1. The van der Waals surface area contributed by atoms with Crippen molar-refractivity contribution >= 4 is 11.3 Å². The number of benzene rings is 1. The van der Waals surface area contributed by atoms with Crippen LogP contribution in [-0.2, 0) is 12.4 Å². The zero-order valence-electron chi connectivity index (χ0n) is 14.9. The van der Waals surface area contributed by atoms with E-state index in [1.807, 2.05) is 17.5 Å². The van der Waals surface area contributed by atoms with Gasteiger partial charge in [-0.3, -0.25) is 4.57 Å². The smallest absolute Gasteiger partial charge is 0.290 e. The van der Waals surface area contributed by atoms with Crippen molar-refractivity contribution in [3.05, 3.63) is 77.6 Å². The van der Waals surface area contributed by atoms with Crippen molar-refractivity contribution in [3.63, 3.8) is 0 Å². The van der Waals surface area contributed by atoms with Crippen molar-refractivity contribution in [3.8, 4) is 27.6 Å². The van der Waals surface area contributed by atoms with Gasteiger partial charge in [-0.2, -0.15) is 26.3 Å². The Balaban J connectivity index is 1.79. The predicted octanol–water partition coefficient (Wildman–Crippen LogP) is 6.70. The molecule has 4 rings (SSSR count). The molecule has 3 aromatic heterocycles. The van der Waals surface area contributed by atoms with E-state index in [1.165, 1.54) is 22.2 Å². The third-order valence-electron chi connectivity index (χ3n) is 4.27. The molecule has 0 N–H and O–H groups in total. The lowest BCUT2D eigenvalue weighted by atomic mass is 10.1. The maximum Gasteiger partial charge on any atom is 0.416 e. The summed E-state index contributed by atoms with van der Waals surface area (Å²) in [6.45, 7) is 0. The van der Waals surface area contributed by atoms with Gasteiger partial charge >= 0.3 is 12.4 Å². The number of imidazole rings is 1. The third-order valence-corrected chi connectivity index (χ3v) is 5.16. The molecule has 0 saturated carbocycles. The Hall–Kier alpha value is -3.14. The minimum absolute atomic E-state index is 0.0463. The average molecular weight is 439 g/mol. The molecular weight excluding hydrogens is 428 g/mol. The Morgan fingerprint density at radius 3 is 2.10 bits per heavy atom. The van der Waals surface area contributed by atoms with Crippen molar-refractivity contribution in [1.82, 2.24) is 14.5 Å². The SMILES string of the molecule is FC(F)(F)c1ccc(-c2cc(C(F)(F)F)cc(-n3cnc(-c4cccs4)c3)n2)cc1. The van der Waals surface area contributed by atoms with Gasteiger partial charge in [-0.25, -0.2) is 9.97 Å². The highest BCUT2D eigenvalue weighted by Gasteiger charge is 2.33. The van der Waals surface area contributed by atoms with Gasteiger partial charge in [-0.05, 0) is 35.7 Å². The van der Waals surface area contributed by atoms with E-state index in [4.69, 9.17) is 0 Å². The number of thiophene rings is 1. The second-order valence-electron chi connectivity index (χ2n) is 6.32. The largest absolute Gasteiger partial charge is 0.416 e. The summed E-state index contributed by atoms with van der Waals surface area (Å²) in [6, 6.07) is 9.14. The molecule has 0 bridgehead atoms. The number of rotatable bonds is 3. The summed E-state index contributed by atoms with van der Waals surface area (Å²) in [7, 11) is 0. The molecule has 0 fully saturated rings. The maximum absolute atomic E-state index is 13.4. The van der Waals surface area contributed by atoms with Gasteiger partial charge in [0.05, 0.1) is 27.4 Å². The zero-order valence-corrected chi connectivity index (χ0v) is 15.7. The van der Waals surface area contributed by atoms with E-state index in [1.54, 1.807) is 6.20 Å². The molecule has 0 spiro atoms. The van der Waals surface area contributed by atoms with E-state index in [-0.39, 0.29) is 17.1 Å². The summed E-state index contributed by atoms with van der Waals surface area (Å²) in [5, 5.41) is 1.85. The highest BCUT2D eigenvalue weighted by molar-refractivity contribution is 7.13. The standard InChI is InChI=1S/C20H11F6N3S/c21-19(22,23)13-5-3-12(4-6-13)15-8-14(20(24,25)26)9-18(28-15)29-10-16(27-11-29)17-2-1-7-30-17/h1-11H. The molecule has 1 aromatic carbocycles. The number of alkyl halides is 6. The van der Waals surface area contributed by atoms with Crippen molar-refractivity contribution < 1.29 is 26.3 Å². The maximum atomic E-state index is 13.4. The molecule has 30 heavy (non-hydrogen) atoms. The monoisotopic (exact) mass is 439 g/mol. The van der Waals surface area contributed by atoms with Crippen LogP contribution in [0.4, 0.5) is 26.3 Å². The molecule has 0 saturated heterocycles. The summed E-state index contributed by atoms with van der Waals surface area (Å²) >= 11 is 1.43. The van der Waals surface area contributed by atoms with E-state index in [9.17, 15) is 26.3 Å². The first-order valence-corrected chi connectivity index (χ1v) is 9.34. The number of hydrogen-bond acceptors (Lipinski definition) is 3. The zero-order chi connectivity index (χ0) is 21.5. The van der Waals surface area contributed by atoms with Crippen LogP contribution in [0.5, 0.6) is 0 Å². The van der Waals surface area contributed by atoms with Gasteiger partial charge in [0.2, 0.25) is 0 Å². The van der Waals surface area contributed by atoms with Crippen LogP contribution in [0.3, 0.4) is 0 Å². The Morgan fingerprint density at radius 2 is 1.50 bits per heavy atom. The number of hydrogen-bond donors (Lipinski definition) is 0. The van der Waals surface area contributed by atoms with Crippen LogP contribution in [0.25, 0.3) is 27.6 Å². The number of aromatic nitrogens is 3. The summed E-state index contributed by atoms with van der Waals surface area (Å²) in [5.41, 5.74) is -1.25. The normalized spacial score (nSPS) is 12.3. The fourth-order valence-electron chi connectivity index (χ4n) is 2.79. The lowest BCUT2D eigenvalue weighted by Gasteiger charge is -2.13. The molecule has 0 aliphatic heterocycles. The van der Waals surface area contributed by atoms with Crippen LogP contribution in [-0.4, -0.2) is 14.5 Å². The summed E-state index contributed by atoms with van der Waals surface area (Å²) in [4.78, 5) is 9.25. The fourth-order valence-corrected chi connectivity index (χ4v) is 3.48. The molecule has 3 nitrogen and oxygen atoms in total. The van der Waals surface area contributed by atoms with Crippen LogP contribution in [0.2, 0.25) is 0 Å². The molecule has 0 amide bonds. The Bertz CT molecular complexity index is 1160. The molecular formula is C20H11F6N3S. The average Bonchev–Trinajstić information content (AvgIpc) is 3.38. The number of nitrogens with zero attached hydrogens (tertiary/aromatic N) is 3. The van der Waals surface area contributed by atoms with Gasteiger partial charge < -0.3 is 0 Å². The van der Waals surface area contributed by atoms with Gasteiger partial charge in [0.25, 0.3) is 0 Å². The van der Waals surface area contributed by atoms with E-state index in [2.05, 4.69) is 9.97 Å². The summed E-state index contributed by atoms with van der Waals surface area (Å²) in [6.07, 6.45) is -6.31. The van der Waals surface area contributed by atoms with Crippen LogP contribution in [0.1, 0.15) is 11.1 Å². The number of halogens is 6. The molecule has 0 aliphatic rings. The molecule has 154 valence electrons. The lowest BCUT2D eigenvalue weighted by Crippen LogP contribution is -2.08. The molecule has 0 radical (unpaired) electrons. The van der Waals surface area contributed by atoms with Crippen molar-refractivity contribution in [2.24, 2.45) is 0 Å². The van der Waals surface area contributed by atoms with Crippen molar-refractivity contribution in [2.75, 3.05) is 0 Å². The van der Waals surface area contributed by atoms with Crippen LogP contribution < -0.4 is 0 Å². The second-order valence-corrected chi connectivity index (χ2v) is 7.26. The minimum Gasteiger partial charge on any atom is -0.290 e. The predicted molar refractivity (Wildman–Crippen MR) is 100 cm³/mol. The lowest BCUT2D eigenvalue weighted by molar-refractivity contribution is -0.138. The van der Waals surface area contributed by atoms with Gasteiger partial charge in [-0.15, -0.1) is 11.3 Å². The Kier molecular flexibility index (Phi) is 4.89. The van der Waals surface area contributed by atoms with E-state index in [0.29, 0.717) is 5.69 Å². The second kappa shape index (κ2) is 7.28. The van der Waals surface area contributed by atoms with Crippen LogP contribution >= 0.6 is 11.3 Å². The Morgan fingerprint density at radius 1 is 0.800 bits per heavy atom. The third kappa shape index (κ3) is 4.09. The van der Waals surface area contributed by atoms with Gasteiger partial charge in [0.15, 0.2) is 0 Å². The van der Waals surface area contributed by atoms with Crippen molar-refractivity contribution in [1.29, 1.82) is 0 Å². The Labute approximate surface area is 170 Å². The van der Waals surface area contributed by atoms with Gasteiger partial charge in [0.1, 0.15) is 12.1 Å². The topological polar surface area (TPSA) is 30.7 Å². The molecule has 10 heteroatoms. The van der Waals surface area contributed by atoms with Crippen LogP contribution in [0.15, 0.2) is 66.4 Å². The van der Waals surface area contributed by atoms with Crippen molar-refractivity contribution in [2.45, 2.75) is 12.4 Å². The highest BCUT2D eigenvalue weighted by Crippen LogP contribution is 2.35. The summed E-state index contributed by atoms with van der Waals surface area (Å²) in [5.74, 6) is -0.0463. The molecule has 0 atom stereocenters. The van der Waals surface area contributed by atoms with Gasteiger partial charge in [-0.1, -0.05) is 18.2 Å². The molecule has 3 heterocycles. The molecule has 0 aliphatic carbocycles. The fraction of sp³-hybridized carbons (Fsp3) is 0.100. The molecule has 0 unspecified atom stereocenters. The van der Waals surface area contributed by atoms with Crippen LogP contribution in [0, 0.1) is 0 Å².